The largest absolute Gasteiger partial charge is 0.126 e. The number of hydrogen-bond acceptors (Lipinski definition) is 2. The summed E-state index contributed by atoms with van der Waals surface area (Å²) in [4.78, 5) is 4.14. The maximum absolute atomic E-state index is 8.14. The average molecular weight is 291 g/mol. The predicted molar refractivity (Wildman–Crippen MR) is 88.1 cm³/mol. The molecule has 0 aliphatic rings. The molecule has 0 saturated carbocycles. The molecule has 0 fully saturated rings. The smallest absolute Gasteiger partial charge is 0.0257 e. The minimum absolute atomic E-state index is 0.660. The van der Waals surface area contributed by atoms with Crippen LogP contribution in [0.5, 0.6) is 0 Å². The molecular formula is C16H25N3S. The number of unbranched alkanes of at least 4 members (excludes halogenated alkanes) is 7. The Balaban J connectivity index is 1.80. The van der Waals surface area contributed by atoms with Crippen molar-refractivity contribution < 1.29 is 0 Å². The van der Waals surface area contributed by atoms with E-state index in [0.717, 1.165) is 6.42 Å². The first kappa shape index (κ1) is 16.9. The molecule has 0 saturated heterocycles. The van der Waals surface area contributed by atoms with Crippen molar-refractivity contribution in [1.82, 2.24) is 0 Å². The van der Waals surface area contributed by atoms with Crippen molar-refractivity contribution in [2.75, 3.05) is 12.3 Å². The molecule has 1 rings (SSSR count). The topological polar surface area (TPSA) is 48.8 Å². The minimum Gasteiger partial charge on any atom is -0.126 e. The molecule has 3 nitrogen and oxygen atoms in total. The summed E-state index contributed by atoms with van der Waals surface area (Å²) in [6.07, 6.45) is 10.2. The Hall–Kier alpha value is -1.12. The zero-order valence-corrected chi connectivity index (χ0v) is 13.0. The van der Waals surface area contributed by atoms with Gasteiger partial charge in [0.15, 0.2) is 0 Å². The van der Waals surface area contributed by atoms with Crippen LogP contribution in [0.4, 0.5) is 0 Å². The highest BCUT2D eigenvalue weighted by atomic mass is 32.2. The van der Waals surface area contributed by atoms with Crippen molar-refractivity contribution in [2.24, 2.45) is 5.11 Å². The van der Waals surface area contributed by atoms with E-state index in [1.807, 2.05) is 11.8 Å². The molecule has 20 heavy (non-hydrogen) atoms. The van der Waals surface area contributed by atoms with Crippen molar-refractivity contribution in [1.29, 1.82) is 0 Å². The third-order valence-electron chi connectivity index (χ3n) is 3.23. The Morgan fingerprint density at radius 3 is 2.10 bits per heavy atom. The van der Waals surface area contributed by atoms with E-state index in [1.165, 1.54) is 55.6 Å². The normalized spacial score (nSPS) is 10.2. The fourth-order valence-electron chi connectivity index (χ4n) is 2.10. The van der Waals surface area contributed by atoms with E-state index in [-0.39, 0.29) is 0 Å². The zero-order valence-electron chi connectivity index (χ0n) is 12.2. The Kier molecular flexibility index (Phi) is 10.9. The van der Waals surface area contributed by atoms with Gasteiger partial charge in [-0.2, -0.15) is 0 Å². The van der Waals surface area contributed by atoms with Gasteiger partial charge in [-0.15, -0.1) is 11.8 Å². The predicted octanol–water partition coefficient (Wildman–Crippen LogP) is 6.21. The van der Waals surface area contributed by atoms with Crippen LogP contribution in [0.1, 0.15) is 51.4 Å². The van der Waals surface area contributed by atoms with E-state index in [1.54, 1.807) is 0 Å². The summed E-state index contributed by atoms with van der Waals surface area (Å²) in [6.45, 7) is 0.660. The van der Waals surface area contributed by atoms with Gasteiger partial charge < -0.3 is 0 Å². The van der Waals surface area contributed by atoms with E-state index < -0.39 is 0 Å². The lowest BCUT2D eigenvalue weighted by Gasteiger charge is -2.02. The van der Waals surface area contributed by atoms with E-state index in [0.29, 0.717) is 6.54 Å². The Morgan fingerprint density at radius 2 is 1.45 bits per heavy atom. The van der Waals surface area contributed by atoms with Crippen LogP contribution in [-0.2, 0) is 0 Å². The molecule has 0 atom stereocenters. The SMILES string of the molecule is [N-]=[N+]=NCCCCCCCCCCSc1ccccc1. The molecule has 0 unspecified atom stereocenters. The number of thioether (sulfide) groups is 1. The third kappa shape index (κ3) is 9.76. The first-order valence-electron chi connectivity index (χ1n) is 7.62. The fraction of sp³-hybridized carbons (Fsp3) is 0.625. The van der Waals surface area contributed by atoms with Gasteiger partial charge in [-0.1, -0.05) is 61.8 Å². The van der Waals surface area contributed by atoms with Crippen molar-refractivity contribution in [2.45, 2.75) is 56.3 Å². The molecule has 1 aromatic carbocycles. The van der Waals surface area contributed by atoms with Crippen LogP contribution in [0, 0.1) is 0 Å². The molecule has 0 N–H and O–H groups in total. The lowest BCUT2D eigenvalue weighted by molar-refractivity contribution is 0.579. The summed E-state index contributed by atoms with van der Waals surface area (Å²) in [7, 11) is 0. The van der Waals surface area contributed by atoms with Crippen LogP contribution < -0.4 is 0 Å². The molecule has 1 aromatic rings. The first-order valence-corrected chi connectivity index (χ1v) is 8.61. The minimum atomic E-state index is 0.660. The molecule has 110 valence electrons. The average Bonchev–Trinajstić information content (AvgIpc) is 2.49. The Bertz CT molecular complexity index is 375. The second kappa shape index (κ2) is 12.9. The molecule has 0 radical (unpaired) electrons. The highest BCUT2D eigenvalue weighted by Gasteiger charge is 1.94. The summed E-state index contributed by atoms with van der Waals surface area (Å²) >= 11 is 1.96. The van der Waals surface area contributed by atoms with E-state index in [4.69, 9.17) is 5.53 Å². The van der Waals surface area contributed by atoms with Crippen molar-refractivity contribution in [3.8, 4) is 0 Å². The number of rotatable bonds is 12. The highest BCUT2D eigenvalue weighted by molar-refractivity contribution is 7.99. The van der Waals surface area contributed by atoms with Crippen LogP contribution in [-0.4, -0.2) is 12.3 Å². The number of nitrogens with zero attached hydrogens (tertiary/aromatic N) is 3. The van der Waals surface area contributed by atoms with Crippen LogP contribution in [0.2, 0.25) is 0 Å². The molecule has 4 heteroatoms. The quantitative estimate of drug-likeness (QED) is 0.148. The summed E-state index contributed by atoms with van der Waals surface area (Å²) < 4.78 is 0. The summed E-state index contributed by atoms with van der Waals surface area (Å²) in [5, 5.41) is 3.54. The molecular weight excluding hydrogens is 266 g/mol. The fourth-order valence-corrected chi connectivity index (χ4v) is 3.03. The van der Waals surface area contributed by atoms with Gasteiger partial charge in [-0.05, 0) is 36.3 Å². The maximum Gasteiger partial charge on any atom is 0.0257 e. The van der Waals surface area contributed by atoms with Gasteiger partial charge in [0.1, 0.15) is 0 Å². The van der Waals surface area contributed by atoms with Crippen LogP contribution in [0.15, 0.2) is 40.3 Å². The van der Waals surface area contributed by atoms with Crippen molar-refractivity contribution >= 4 is 11.8 Å². The second-order valence-electron chi connectivity index (χ2n) is 4.94. The number of azide groups is 1. The van der Waals surface area contributed by atoms with Gasteiger partial charge in [0.05, 0.1) is 0 Å². The Morgan fingerprint density at radius 1 is 0.850 bits per heavy atom. The number of hydrogen-bond donors (Lipinski definition) is 0. The molecule has 0 aliphatic heterocycles. The van der Waals surface area contributed by atoms with Gasteiger partial charge in [-0.3, -0.25) is 0 Å². The first-order chi connectivity index (χ1) is 9.93. The lowest BCUT2D eigenvalue weighted by Crippen LogP contribution is -1.84. The molecule has 0 heterocycles. The van der Waals surface area contributed by atoms with Gasteiger partial charge in [-0.25, -0.2) is 0 Å². The highest BCUT2D eigenvalue weighted by Crippen LogP contribution is 2.19. The van der Waals surface area contributed by atoms with Crippen LogP contribution in [0.25, 0.3) is 10.4 Å². The zero-order chi connectivity index (χ0) is 14.3. The van der Waals surface area contributed by atoms with E-state index >= 15 is 0 Å². The van der Waals surface area contributed by atoms with E-state index in [2.05, 4.69) is 40.4 Å². The summed E-state index contributed by atoms with van der Waals surface area (Å²) in [5.74, 6) is 1.23. The number of benzene rings is 1. The second-order valence-corrected chi connectivity index (χ2v) is 6.11. The van der Waals surface area contributed by atoms with Crippen molar-refractivity contribution in [3.63, 3.8) is 0 Å². The van der Waals surface area contributed by atoms with Gasteiger partial charge in [0.25, 0.3) is 0 Å². The van der Waals surface area contributed by atoms with Gasteiger partial charge >= 0.3 is 0 Å². The van der Waals surface area contributed by atoms with Gasteiger partial charge in [0.2, 0.25) is 0 Å². The summed E-state index contributed by atoms with van der Waals surface area (Å²) in [5.41, 5.74) is 8.14. The maximum atomic E-state index is 8.14. The molecule has 0 bridgehead atoms. The molecule has 0 amide bonds. The Labute approximate surface area is 126 Å². The summed E-state index contributed by atoms with van der Waals surface area (Å²) in [6, 6.07) is 10.6. The van der Waals surface area contributed by atoms with Crippen LogP contribution in [0.3, 0.4) is 0 Å². The van der Waals surface area contributed by atoms with Gasteiger partial charge in [0, 0.05) is 16.4 Å². The molecule has 0 spiro atoms. The standard InChI is InChI=1S/C16H25N3S/c17-19-18-14-10-5-3-1-2-4-6-11-15-20-16-12-8-7-9-13-16/h7-9,12-13H,1-6,10-11,14-15H2. The third-order valence-corrected chi connectivity index (χ3v) is 4.33. The molecule has 0 aromatic heterocycles. The van der Waals surface area contributed by atoms with E-state index in [9.17, 15) is 0 Å². The monoisotopic (exact) mass is 291 g/mol. The van der Waals surface area contributed by atoms with Crippen LogP contribution >= 0.6 is 11.8 Å². The molecule has 0 aliphatic carbocycles. The lowest BCUT2D eigenvalue weighted by atomic mass is 10.1. The van der Waals surface area contributed by atoms with Crippen molar-refractivity contribution in [3.05, 3.63) is 40.8 Å².